The average Bonchev–Trinajstić information content (AvgIpc) is 3.08. The smallest absolute Gasteiger partial charge is 0.337 e. The monoisotopic (exact) mass is 510 g/mol. The first kappa shape index (κ1) is 28.0. The summed E-state index contributed by atoms with van der Waals surface area (Å²) in [5.41, 5.74) is 3.75. The number of fused-ring (bicyclic) bond motifs is 1. The summed E-state index contributed by atoms with van der Waals surface area (Å²) in [5.74, 6) is 1.18. The van der Waals surface area contributed by atoms with Gasteiger partial charge in [-0.1, -0.05) is 26.0 Å². The van der Waals surface area contributed by atoms with Crippen LogP contribution in [0.15, 0.2) is 41.5 Å². The van der Waals surface area contributed by atoms with Crippen molar-refractivity contribution in [2.45, 2.75) is 46.1 Å². The van der Waals surface area contributed by atoms with Crippen molar-refractivity contribution in [3.8, 4) is 11.5 Å². The van der Waals surface area contributed by atoms with Crippen LogP contribution < -0.4 is 20.1 Å². The molecule has 3 N–H and O–H groups in total. The second-order valence-electron chi connectivity index (χ2n) is 9.12. The molecule has 2 atom stereocenters. The number of nitrogens with zero attached hydrogens (tertiary/aromatic N) is 2. The van der Waals surface area contributed by atoms with Gasteiger partial charge in [0, 0.05) is 36.9 Å². The molecule has 0 fully saturated rings. The Kier molecular flexibility index (Phi) is 9.91. The molecule has 2 aromatic carbocycles. The van der Waals surface area contributed by atoms with Crippen molar-refractivity contribution in [3.05, 3.63) is 58.7 Å². The van der Waals surface area contributed by atoms with Gasteiger partial charge in [0.15, 0.2) is 11.5 Å². The fourth-order valence-corrected chi connectivity index (χ4v) is 4.26. The Balaban J connectivity index is 2.03. The summed E-state index contributed by atoms with van der Waals surface area (Å²) < 4.78 is 11.4. The highest BCUT2D eigenvalue weighted by atomic mass is 16.5. The van der Waals surface area contributed by atoms with E-state index in [1.807, 2.05) is 45.0 Å². The number of hydrazone groups is 1. The van der Waals surface area contributed by atoms with Gasteiger partial charge in [0.2, 0.25) is 0 Å². The molecule has 200 valence electrons. The minimum absolute atomic E-state index is 0.0942. The first-order valence-electron chi connectivity index (χ1n) is 12.8. The zero-order valence-corrected chi connectivity index (χ0v) is 22.3. The molecule has 0 bridgehead atoms. The molecule has 3 rings (SSSR count). The van der Waals surface area contributed by atoms with Gasteiger partial charge in [-0.05, 0) is 61.9 Å². The Hall–Kier alpha value is -3.59. The largest absolute Gasteiger partial charge is 0.493 e. The zero-order valence-electron chi connectivity index (χ0n) is 22.3. The number of benzene rings is 2. The number of rotatable bonds is 10. The van der Waals surface area contributed by atoms with E-state index in [2.05, 4.69) is 10.6 Å². The fraction of sp³-hybridized carbons (Fsp3) is 0.464. The SMILES string of the molecule is CCOc1cc2c(cc1OC)CC(CC)N(C(=O)NC)N=C2c1ccc(C(=O)NCCC(C)CO)cc1. The molecule has 9 nitrogen and oxygen atoms in total. The van der Waals surface area contributed by atoms with Crippen molar-refractivity contribution < 1.29 is 24.2 Å². The third-order valence-corrected chi connectivity index (χ3v) is 6.50. The summed E-state index contributed by atoms with van der Waals surface area (Å²) >= 11 is 0. The minimum atomic E-state index is -0.290. The molecule has 0 spiro atoms. The molecule has 0 saturated carbocycles. The standard InChI is InChI=1S/C28H38N4O5/c1-6-22-14-21-15-24(36-5)25(37-7-2)16-23(21)26(31-32(22)28(35)29-4)19-8-10-20(11-9-19)27(34)30-13-12-18(3)17-33/h8-11,15-16,18,22,33H,6-7,12-14,17H2,1-5H3,(H,29,35)(H,30,34). The second kappa shape index (κ2) is 13.1. The second-order valence-corrected chi connectivity index (χ2v) is 9.12. The highest BCUT2D eigenvalue weighted by molar-refractivity contribution is 6.15. The minimum Gasteiger partial charge on any atom is -0.493 e. The van der Waals surface area contributed by atoms with Gasteiger partial charge in [0.1, 0.15) is 0 Å². The lowest BCUT2D eigenvalue weighted by Crippen LogP contribution is -2.42. The third-order valence-electron chi connectivity index (χ3n) is 6.50. The first-order chi connectivity index (χ1) is 17.9. The van der Waals surface area contributed by atoms with Crippen molar-refractivity contribution >= 4 is 17.6 Å². The molecule has 0 saturated heterocycles. The van der Waals surface area contributed by atoms with E-state index < -0.39 is 0 Å². The number of aliphatic hydroxyl groups excluding tert-OH is 1. The highest BCUT2D eigenvalue weighted by Crippen LogP contribution is 2.35. The molecule has 3 amide bonds. The van der Waals surface area contributed by atoms with E-state index in [9.17, 15) is 14.7 Å². The molecule has 2 aromatic rings. The summed E-state index contributed by atoms with van der Waals surface area (Å²) in [4.78, 5) is 25.4. The van der Waals surface area contributed by atoms with E-state index in [4.69, 9.17) is 14.6 Å². The molecule has 1 heterocycles. The van der Waals surface area contributed by atoms with E-state index in [1.54, 1.807) is 26.3 Å². The summed E-state index contributed by atoms with van der Waals surface area (Å²) in [6.45, 7) is 6.94. The molecular weight excluding hydrogens is 472 g/mol. The van der Waals surface area contributed by atoms with Gasteiger partial charge >= 0.3 is 6.03 Å². The number of carbonyl (C=O) groups excluding carboxylic acids is 2. The van der Waals surface area contributed by atoms with Crippen LogP contribution in [-0.4, -0.2) is 67.7 Å². The van der Waals surface area contributed by atoms with Crippen LogP contribution in [0.4, 0.5) is 4.79 Å². The summed E-state index contributed by atoms with van der Waals surface area (Å²) in [6.07, 6.45) is 2.02. The molecule has 1 aliphatic rings. The Morgan fingerprint density at radius 2 is 1.92 bits per heavy atom. The summed E-state index contributed by atoms with van der Waals surface area (Å²) in [6, 6.07) is 10.6. The van der Waals surface area contributed by atoms with Crippen molar-refractivity contribution in [2.75, 3.05) is 33.9 Å². The van der Waals surface area contributed by atoms with E-state index in [1.165, 1.54) is 5.01 Å². The van der Waals surface area contributed by atoms with Gasteiger partial charge in [-0.3, -0.25) is 4.79 Å². The zero-order chi connectivity index (χ0) is 26.9. The Labute approximate surface area is 218 Å². The van der Waals surface area contributed by atoms with Crippen LogP contribution in [0.1, 0.15) is 60.7 Å². The predicted octanol–water partition coefficient (Wildman–Crippen LogP) is 3.57. The highest BCUT2D eigenvalue weighted by Gasteiger charge is 2.30. The molecular formula is C28H38N4O5. The fourth-order valence-electron chi connectivity index (χ4n) is 4.26. The van der Waals surface area contributed by atoms with Gasteiger partial charge in [0.25, 0.3) is 5.91 Å². The van der Waals surface area contributed by atoms with Crippen LogP contribution >= 0.6 is 0 Å². The lowest BCUT2D eigenvalue weighted by Gasteiger charge is -2.25. The van der Waals surface area contributed by atoms with Crippen LogP contribution in [-0.2, 0) is 6.42 Å². The lowest BCUT2D eigenvalue weighted by molar-refractivity contribution is 0.0949. The van der Waals surface area contributed by atoms with Crippen molar-refractivity contribution in [1.82, 2.24) is 15.6 Å². The van der Waals surface area contributed by atoms with Crippen LogP contribution in [0.25, 0.3) is 0 Å². The Morgan fingerprint density at radius 3 is 2.51 bits per heavy atom. The van der Waals surface area contributed by atoms with Gasteiger partial charge in [-0.15, -0.1) is 0 Å². The Bertz CT molecular complexity index is 1120. The first-order valence-corrected chi connectivity index (χ1v) is 12.8. The molecule has 2 unspecified atom stereocenters. The predicted molar refractivity (Wildman–Crippen MR) is 144 cm³/mol. The number of methoxy groups -OCH3 is 1. The number of nitrogens with one attached hydrogen (secondary N) is 2. The molecule has 1 aliphatic heterocycles. The van der Waals surface area contributed by atoms with E-state index in [-0.39, 0.29) is 30.5 Å². The number of urea groups is 1. The van der Waals surface area contributed by atoms with Crippen LogP contribution in [0.2, 0.25) is 0 Å². The number of hydrogen-bond acceptors (Lipinski definition) is 6. The molecule has 37 heavy (non-hydrogen) atoms. The topological polar surface area (TPSA) is 112 Å². The maximum Gasteiger partial charge on any atom is 0.337 e. The number of aliphatic hydroxyl groups is 1. The number of carbonyl (C=O) groups is 2. The maximum absolute atomic E-state index is 12.8. The molecule has 0 aliphatic carbocycles. The maximum atomic E-state index is 12.8. The van der Waals surface area contributed by atoms with Crippen molar-refractivity contribution in [2.24, 2.45) is 11.0 Å². The van der Waals surface area contributed by atoms with Gasteiger partial charge in [-0.2, -0.15) is 5.10 Å². The van der Waals surface area contributed by atoms with Crippen LogP contribution in [0, 0.1) is 5.92 Å². The van der Waals surface area contributed by atoms with Crippen LogP contribution in [0.3, 0.4) is 0 Å². The Morgan fingerprint density at radius 1 is 1.19 bits per heavy atom. The van der Waals surface area contributed by atoms with Crippen LogP contribution in [0.5, 0.6) is 11.5 Å². The quantitative estimate of drug-likeness (QED) is 0.452. The molecule has 9 heteroatoms. The molecule has 0 aromatic heterocycles. The number of ether oxygens (including phenoxy) is 2. The van der Waals surface area contributed by atoms with E-state index in [0.717, 1.165) is 16.7 Å². The van der Waals surface area contributed by atoms with Gasteiger partial charge < -0.3 is 25.2 Å². The van der Waals surface area contributed by atoms with Crippen molar-refractivity contribution in [1.29, 1.82) is 0 Å². The van der Waals surface area contributed by atoms with Gasteiger partial charge in [-0.25, -0.2) is 9.80 Å². The lowest BCUT2D eigenvalue weighted by atomic mass is 9.92. The van der Waals surface area contributed by atoms with Gasteiger partial charge in [0.05, 0.1) is 25.5 Å². The summed E-state index contributed by atoms with van der Waals surface area (Å²) in [5, 5.41) is 21.1. The van der Waals surface area contributed by atoms with E-state index >= 15 is 0 Å². The number of amides is 3. The average molecular weight is 511 g/mol. The third kappa shape index (κ3) is 6.60. The number of hydrogen-bond donors (Lipinski definition) is 3. The normalized spacial score (nSPS) is 15.7. The summed E-state index contributed by atoms with van der Waals surface area (Å²) in [7, 11) is 3.20. The van der Waals surface area contributed by atoms with E-state index in [0.29, 0.717) is 55.2 Å². The molecule has 0 radical (unpaired) electrons. The van der Waals surface area contributed by atoms with Crippen molar-refractivity contribution in [3.63, 3.8) is 0 Å².